The van der Waals surface area contributed by atoms with Crippen molar-refractivity contribution < 1.29 is 9.47 Å². The Kier molecular flexibility index (Phi) is 53.6. The van der Waals surface area contributed by atoms with Crippen molar-refractivity contribution >= 4 is 17.4 Å². The van der Waals surface area contributed by atoms with Crippen molar-refractivity contribution in [3.05, 3.63) is 0 Å². The summed E-state index contributed by atoms with van der Waals surface area (Å²) in [4.78, 5) is 11.0. The lowest BCUT2D eigenvalue weighted by atomic mass is 10.5. The molecule has 0 amide bonds. The van der Waals surface area contributed by atoms with Crippen LogP contribution in [0.15, 0.2) is 15.0 Å². The smallest absolute Gasteiger partial charge is 0.0902 e. The van der Waals surface area contributed by atoms with Crippen LogP contribution < -0.4 is 11.5 Å². The van der Waals surface area contributed by atoms with E-state index in [4.69, 9.17) is 16.2 Å². The van der Waals surface area contributed by atoms with Gasteiger partial charge in [-0.15, -0.1) is 0 Å². The van der Waals surface area contributed by atoms with Crippen LogP contribution in [0.1, 0.15) is 41.5 Å². The topological polar surface area (TPSA) is 108 Å². The lowest BCUT2D eigenvalue weighted by Gasteiger charge is -1.92. The second-order valence-corrected chi connectivity index (χ2v) is 3.70. The molecule has 0 aromatic heterocycles. The summed E-state index contributed by atoms with van der Waals surface area (Å²) >= 11 is 0. The summed E-state index contributed by atoms with van der Waals surface area (Å²) in [6.45, 7) is 12.9. The lowest BCUT2D eigenvalue weighted by Crippen LogP contribution is -2.03. The molecule has 0 heterocycles. The molecule has 0 saturated carbocycles. The van der Waals surface area contributed by atoms with Crippen molar-refractivity contribution in [2.24, 2.45) is 26.4 Å². The Morgan fingerprint density at radius 3 is 1.09 bits per heavy atom. The zero-order valence-corrected chi connectivity index (χ0v) is 17.2. The van der Waals surface area contributed by atoms with E-state index in [9.17, 15) is 0 Å². The van der Waals surface area contributed by atoms with Crippen LogP contribution in [0.4, 0.5) is 0 Å². The highest BCUT2D eigenvalue weighted by molar-refractivity contribution is 5.82. The van der Waals surface area contributed by atoms with Gasteiger partial charge < -0.3 is 20.9 Å². The number of hydrogen-bond donors (Lipinski definition) is 2. The molecule has 0 aliphatic carbocycles. The molecule has 4 N–H and O–H groups in total. The third-order valence-corrected chi connectivity index (χ3v) is 1.73. The van der Waals surface area contributed by atoms with Gasteiger partial charge in [0.05, 0.1) is 18.3 Å². The van der Waals surface area contributed by atoms with Crippen LogP contribution in [0.2, 0.25) is 0 Å². The average molecular weight is 336 g/mol. The van der Waals surface area contributed by atoms with Gasteiger partial charge in [0.25, 0.3) is 0 Å². The first-order valence-electron chi connectivity index (χ1n) is 7.54. The number of amidine groups is 2. The van der Waals surface area contributed by atoms with E-state index in [0.29, 0.717) is 18.3 Å². The maximum absolute atomic E-state index is 5.04. The van der Waals surface area contributed by atoms with Gasteiger partial charge in [-0.05, 0) is 27.7 Å². The first-order chi connectivity index (χ1) is 10.8. The predicted molar refractivity (Wildman–Crippen MR) is 106 cm³/mol. The molecule has 0 fully saturated rings. The maximum Gasteiger partial charge on any atom is 0.0902 e. The number of rotatable bonds is 3. The minimum Gasteiger partial charge on any atom is -0.388 e. The van der Waals surface area contributed by atoms with Crippen LogP contribution in [0.5, 0.6) is 0 Å². The van der Waals surface area contributed by atoms with Crippen molar-refractivity contribution in [2.75, 3.05) is 48.6 Å². The number of methoxy groups -OCH3 is 2. The van der Waals surface area contributed by atoms with Crippen LogP contribution >= 0.6 is 0 Å². The van der Waals surface area contributed by atoms with Gasteiger partial charge in [-0.2, -0.15) is 0 Å². The first-order valence-corrected chi connectivity index (χ1v) is 7.54. The minimum atomic E-state index is 0.630. The standard InChI is InChI=1S/C5H11NO.2C3H8N2.C3H8O.C2H6/c1-5(6-2)4-7-3;2*1-3(4)5-2;1-3-4-2;1-2/h4H2,1-3H3;2*1-2H3,(H2,4,5);3H2,1-2H3;1-2H3. The molecule has 0 aromatic rings. The predicted octanol–water partition coefficient (Wildman–Crippen LogP) is 2.39. The van der Waals surface area contributed by atoms with Gasteiger partial charge in [-0.25, -0.2) is 0 Å². The zero-order chi connectivity index (χ0) is 19.7. The van der Waals surface area contributed by atoms with Gasteiger partial charge in [0.1, 0.15) is 0 Å². The van der Waals surface area contributed by atoms with Gasteiger partial charge in [-0.1, -0.05) is 13.8 Å². The summed E-state index contributed by atoms with van der Waals surface area (Å²) in [7, 11) is 8.42. The second kappa shape index (κ2) is 37.1. The molecular formula is C16H41N5O2. The highest BCUT2D eigenvalue weighted by atomic mass is 16.5. The number of nitrogens with zero attached hydrogens (tertiary/aromatic N) is 3. The summed E-state index contributed by atoms with van der Waals surface area (Å²) in [6.07, 6.45) is 0. The Labute approximate surface area is 144 Å². The Morgan fingerprint density at radius 2 is 1.04 bits per heavy atom. The average Bonchev–Trinajstić information content (AvgIpc) is 2.57. The van der Waals surface area contributed by atoms with E-state index in [-0.39, 0.29) is 0 Å². The fraction of sp³-hybridized carbons (Fsp3) is 0.812. The van der Waals surface area contributed by atoms with E-state index in [1.165, 1.54) is 0 Å². The fourth-order valence-corrected chi connectivity index (χ4v) is 0.273. The SMILES string of the molecule is CC.CCOC.CN=C(C)COC.CN=C(C)N.CN=C(C)N. The molecule has 0 rings (SSSR count). The molecule has 0 unspecified atom stereocenters. The van der Waals surface area contributed by atoms with Crippen LogP contribution in [-0.4, -0.2) is 66.0 Å². The lowest BCUT2D eigenvalue weighted by molar-refractivity contribution is 0.215. The summed E-state index contributed by atoms with van der Waals surface area (Å²) in [5.41, 5.74) is 11.1. The van der Waals surface area contributed by atoms with Gasteiger partial charge in [0.15, 0.2) is 0 Å². The van der Waals surface area contributed by atoms with Crippen LogP contribution in [0.3, 0.4) is 0 Å². The molecular weight excluding hydrogens is 294 g/mol. The number of nitrogens with two attached hydrogens (primary N) is 2. The zero-order valence-electron chi connectivity index (χ0n) is 17.2. The molecule has 23 heavy (non-hydrogen) atoms. The molecule has 0 atom stereocenters. The van der Waals surface area contributed by atoms with Gasteiger partial charge in [0, 0.05) is 47.7 Å². The quantitative estimate of drug-likeness (QED) is 0.609. The Hall–Kier alpha value is -1.47. The Bertz CT molecular complexity index is 252. The van der Waals surface area contributed by atoms with E-state index in [1.54, 1.807) is 49.2 Å². The molecule has 0 aliphatic heterocycles. The summed E-state index contributed by atoms with van der Waals surface area (Å²) in [5.74, 6) is 1.26. The van der Waals surface area contributed by atoms with E-state index in [2.05, 4.69) is 19.7 Å². The van der Waals surface area contributed by atoms with E-state index >= 15 is 0 Å². The molecule has 0 aliphatic rings. The molecule has 0 saturated heterocycles. The van der Waals surface area contributed by atoms with Crippen molar-refractivity contribution in [1.29, 1.82) is 0 Å². The van der Waals surface area contributed by atoms with E-state index in [0.717, 1.165) is 12.3 Å². The molecule has 7 heteroatoms. The van der Waals surface area contributed by atoms with Crippen molar-refractivity contribution in [2.45, 2.75) is 41.5 Å². The van der Waals surface area contributed by atoms with Crippen molar-refractivity contribution in [1.82, 2.24) is 0 Å². The highest BCUT2D eigenvalue weighted by Crippen LogP contribution is 1.73. The van der Waals surface area contributed by atoms with Crippen LogP contribution in [0.25, 0.3) is 0 Å². The third-order valence-electron chi connectivity index (χ3n) is 1.73. The second-order valence-electron chi connectivity index (χ2n) is 3.70. The highest BCUT2D eigenvalue weighted by Gasteiger charge is 1.81. The molecule has 142 valence electrons. The molecule has 0 aromatic carbocycles. The fourth-order valence-electron chi connectivity index (χ4n) is 0.273. The Morgan fingerprint density at radius 1 is 0.783 bits per heavy atom. The van der Waals surface area contributed by atoms with Crippen LogP contribution in [-0.2, 0) is 9.47 Å². The maximum atomic E-state index is 5.04. The molecule has 0 bridgehead atoms. The summed E-state index contributed by atoms with van der Waals surface area (Å²) < 4.78 is 9.31. The number of hydrogen-bond acceptors (Lipinski definition) is 5. The third kappa shape index (κ3) is 96.9. The minimum absolute atomic E-state index is 0.630. The van der Waals surface area contributed by atoms with E-state index < -0.39 is 0 Å². The largest absolute Gasteiger partial charge is 0.388 e. The van der Waals surface area contributed by atoms with Gasteiger partial charge in [-0.3, -0.25) is 15.0 Å². The number of ether oxygens (including phenoxy) is 2. The van der Waals surface area contributed by atoms with Gasteiger partial charge in [0.2, 0.25) is 0 Å². The number of aliphatic imine (C=N–C) groups is 3. The molecule has 0 spiro atoms. The normalized spacial score (nSPS) is 10.5. The van der Waals surface area contributed by atoms with Crippen molar-refractivity contribution in [3.63, 3.8) is 0 Å². The van der Waals surface area contributed by atoms with E-state index in [1.807, 2.05) is 27.7 Å². The summed E-state index contributed by atoms with van der Waals surface area (Å²) in [5, 5.41) is 0. The van der Waals surface area contributed by atoms with Crippen LogP contribution in [0, 0.1) is 0 Å². The van der Waals surface area contributed by atoms with Crippen molar-refractivity contribution in [3.8, 4) is 0 Å². The molecule has 7 nitrogen and oxygen atoms in total. The monoisotopic (exact) mass is 335 g/mol. The molecule has 0 radical (unpaired) electrons. The first kappa shape index (κ1) is 33.2. The van der Waals surface area contributed by atoms with Gasteiger partial charge >= 0.3 is 0 Å². The summed E-state index contributed by atoms with van der Waals surface area (Å²) in [6, 6.07) is 0. The Balaban J connectivity index is -0.0000000615.